The minimum atomic E-state index is -0.0416. The van der Waals surface area contributed by atoms with E-state index in [0.717, 1.165) is 19.3 Å². The first-order valence-electron chi connectivity index (χ1n) is 5.69. The number of hydrogen-bond acceptors (Lipinski definition) is 3. The highest BCUT2D eigenvalue weighted by Crippen LogP contribution is 2.33. The van der Waals surface area contributed by atoms with Crippen LogP contribution in [0.1, 0.15) is 38.5 Å². The summed E-state index contributed by atoms with van der Waals surface area (Å²) in [5, 5.41) is 13.1. The van der Waals surface area contributed by atoms with Crippen LogP contribution in [-0.4, -0.2) is 36.5 Å². The number of nitrogens with one attached hydrogen (secondary N) is 1. The zero-order valence-corrected chi connectivity index (χ0v) is 8.96. The Hall–Kier alpha value is -0.120. The van der Waals surface area contributed by atoms with Crippen molar-refractivity contribution in [2.24, 2.45) is 0 Å². The molecule has 0 aromatic heterocycles. The van der Waals surface area contributed by atoms with Crippen molar-refractivity contribution >= 4 is 0 Å². The number of ether oxygens (including phenoxy) is 1. The molecule has 2 rings (SSSR count). The molecule has 2 atom stereocenters. The molecule has 0 amide bonds. The van der Waals surface area contributed by atoms with Crippen LogP contribution in [0.4, 0.5) is 0 Å². The highest BCUT2D eigenvalue weighted by molar-refractivity contribution is 4.98. The first kappa shape index (κ1) is 10.4. The third kappa shape index (κ3) is 2.27. The molecule has 0 aliphatic heterocycles. The molecule has 2 aliphatic rings. The maximum Gasteiger partial charge on any atom is 0.0614 e. The van der Waals surface area contributed by atoms with Crippen molar-refractivity contribution in [3.05, 3.63) is 0 Å². The summed E-state index contributed by atoms with van der Waals surface area (Å²) >= 11 is 0. The van der Waals surface area contributed by atoms with Crippen LogP contribution in [0.25, 0.3) is 0 Å². The van der Waals surface area contributed by atoms with Gasteiger partial charge in [-0.3, -0.25) is 0 Å². The van der Waals surface area contributed by atoms with Gasteiger partial charge in [0.15, 0.2) is 0 Å². The lowest BCUT2D eigenvalue weighted by Gasteiger charge is -2.40. The van der Waals surface area contributed by atoms with Crippen LogP contribution in [0.5, 0.6) is 0 Å². The summed E-state index contributed by atoms with van der Waals surface area (Å²) in [6.45, 7) is 0.253. The highest BCUT2D eigenvalue weighted by atomic mass is 16.5. The van der Waals surface area contributed by atoms with Gasteiger partial charge in [-0.2, -0.15) is 0 Å². The van der Waals surface area contributed by atoms with E-state index in [2.05, 4.69) is 5.32 Å². The molecule has 3 heteroatoms. The minimum Gasteiger partial charge on any atom is -0.394 e. The lowest BCUT2D eigenvalue weighted by atomic mass is 9.80. The molecule has 0 aromatic rings. The van der Waals surface area contributed by atoms with Gasteiger partial charge < -0.3 is 15.2 Å². The van der Waals surface area contributed by atoms with Crippen molar-refractivity contribution in [1.82, 2.24) is 5.32 Å². The molecule has 14 heavy (non-hydrogen) atoms. The Morgan fingerprint density at radius 1 is 1.43 bits per heavy atom. The summed E-state index contributed by atoms with van der Waals surface area (Å²) in [7, 11) is 1.77. The van der Waals surface area contributed by atoms with Gasteiger partial charge >= 0.3 is 0 Å². The average molecular weight is 199 g/mol. The first-order chi connectivity index (χ1) is 6.78. The van der Waals surface area contributed by atoms with Gasteiger partial charge in [-0.15, -0.1) is 0 Å². The van der Waals surface area contributed by atoms with E-state index in [1.165, 1.54) is 19.3 Å². The van der Waals surface area contributed by atoms with Gasteiger partial charge in [0.2, 0.25) is 0 Å². The Labute approximate surface area is 85.8 Å². The van der Waals surface area contributed by atoms with Gasteiger partial charge in [0.1, 0.15) is 0 Å². The van der Waals surface area contributed by atoms with Crippen molar-refractivity contribution in [1.29, 1.82) is 0 Å². The topological polar surface area (TPSA) is 41.5 Å². The predicted octanol–water partition coefficient (Wildman–Crippen LogP) is 1.06. The summed E-state index contributed by atoms with van der Waals surface area (Å²) < 4.78 is 5.40. The van der Waals surface area contributed by atoms with E-state index in [0.29, 0.717) is 12.1 Å². The molecule has 0 aromatic carbocycles. The maximum atomic E-state index is 9.51. The van der Waals surface area contributed by atoms with Gasteiger partial charge in [0.25, 0.3) is 0 Å². The van der Waals surface area contributed by atoms with Gasteiger partial charge in [0, 0.05) is 18.7 Å². The standard InChI is InChI=1S/C11H21NO2/c1-14-10-3-2-6-11(7-10,8-13)12-9-4-5-9/h9-10,12-13H,2-8H2,1H3. The molecule has 2 saturated carbocycles. The number of aliphatic hydroxyl groups is 1. The second-order valence-corrected chi connectivity index (χ2v) is 4.81. The Morgan fingerprint density at radius 3 is 2.79 bits per heavy atom. The van der Waals surface area contributed by atoms with Crippen molar-refractivity contribution in [2.75, 3.05) is 13.7 Å². The second kappa shape index (κ2) is 4.17. The smallest absolute Gasteiger partial charge is 0.0614 e. The van der Waals surface area contributed by atoms with Crippen molar-refractivity contribution < 1.29 is 9.84 Å². The first-order valence-corrected chi connectivity index (χ1v) is 5.69. The van der Waals surface area contributed by atoms with Crippen LogP contribution in [-0.2, 0) is 4.74 Å². The Morgan fingerprint density at radius 2 is 2.21 bits per heavy atom. The molecule has 2 aliphatic carbocycles. The molecule has 0 heterocycles. The summed E-state index contributed by atoms with van der Waals surface area (Å²) in [6, 6.07) is 0.665. The number of rotatable bonds is 4. The van der Waals surface area contributed by atoms with Crippen molar-refractivity contribution in [3.63, 3.8) is 0 Å². The van der Waals surface area contributed by atoms with Crippen LogP contribution in [0.3, 0.4) is 0 Å². The van der Waals surface area contributed by atoms with E-state index in [1.54, 1.807) is 7.11 Å². The van der Waals surface area contributed by atoms with Crippen LogP contribution >= 0.6 is 0 Å². The second-order valence-electron chi connectivity index (χ2n) is 4.81. The zero-order valence-electron chi connectivity index (χ0n) is 8.96. The lowest BCUT2D eigenvalue weighted by molar-refractivity contribution is 0.00907. The van der Waals surface area contributed by atoms with E-state index in [9.17, 15) is 5.11 Å². The average Bonchev–Trinajstić information content (AvgIpc) is 3.02. The molecule has 3 nitrogen and oxygen atoms in total. The quantitative estimate of drug-likeness (QED) is 0.711. The third-order valence-corrected chi connectivity index (χ3v) is 3.52. The fraction of sp³-hybridized carbons (Fsp3) is 1.00. The molecule has 0 spiro atoms. The van der Waals surface area contributed by atoms with Gasteiger partial charge in [0.05, 0.1) is 12.7 Å². The Kier molecular flexibility index (Phi) is 3.10. The fourth-order valence-corrected chi connectivity index (χ4v) is 2.49. The maximum absolute atomic E-state index is 9.51. The van der Waals surface area contributed by atoms with Crippen LogP contribution in [0, 0.1) is 0 Å². The van der Waals surface area contributed by atoms with Gasteiger partial charge in [-0.1, -0.05) is 0 Å². The molecule has 2 N–H and O–H groups in total. The highest BCUT2D eigenvalue weighted by Gasteiger charge is 2.39. The predicted molar refractivity (Wildman–Crippen MR) is 55.2 cm³/mol. The van der Waals surface area contributed by atoms with E-state index >= 15 is 0 Å². The molecule has 2 unspecified atom stereocenters. The molecular weight excluding hydrogens is 178 g/mol. The molecule has 82 valence electrons. The summed E-state index contributed by atoms with van der Waals surface area (Å²) in [4.78, 5) is 0. The summed E-state index contributed by atoms with van der Waals surface area (Å²) in [6.07, 6.45) is 7.26. The third-order valence-electron chi connectivity index (χ3n) is 3.52. The lowest BCUT2D eigenvalue weighted by Crippen LogP contribution is -2.53. The van der Waals surface area contributed by atoms with Crippen molar-refractivity contribution in [2.45, 2.75) is 56.2 Å². The Bertz CT molecular complexity index is 194. The fourth-order valence-electron chi connectivity index (χ4n) is 2.49. The number of methoxy groups -OCH3 is 1. The SMILES string of the molecule is COC1CCCC(CO)(NC2CC2)C1. The van der Waals surface area contributed by atoms with Crippen LogP contribution in [0.15, 0.2) is 0 Å². The summed E-state index contributed by atoms with van der Waals surface area (Å²) in [5.74, 6) is 0. The largest absolute Gasteiger partial charge is 0.394 e. The van der Waals surface area contributed by atoms with E-state index in [1.807, 2.05) is 0 Å². The molecule has 0 bridgehead atoms. The molecule has 0 radical (unpaired) electrons. The zero-order chi connectivity index (χ0) is 10.0. The van der Waals surface area contributed by atoms with Gasteiger partial charge in [-0.25, -0.2) is 0 Å². The van der Waals surface area contributed by atoms with E-state index < -0.39 is 0 Å². The Balaban J connectivity index is 1.94. The van der Waals surface area contributed by atoms with Crippen LogP contribution < -0.4 is 5.32 Å². The minimum absolute atomic E-state index is 0.0416. The van der Waals surface area contributed by atoms with Crippen LogP contribution in [0.2, 0.25) is 0 Å². The molecule has 2 fully saturated rings. The van der Waals surface area contributed by atoms with Gasteiger partial charge in [-0.05, 0) is 38.5 Å². The normalized spacial score (nSPS) is 38.6. The molecular formula is C11H21NO2. The van der Waals surface area contributed by atoms with Crippen molar-refractivity contribution in [3.8, 4) is 0 Å². The summed E-state index contributed by atoms with van der Waals surface area (Å²) in [5.41, 5.74) is -0.0416. The van der Waals surface area contributed by atoms with E-state index in [-0.39, 0.29) is 12.1 Å². The molecule has 0 saturated heterocycles. The number of hydrogen-bond donors (Lipinski definition) is 2. The number of aliphatic hydroxyl groups excluding tert-OH is 1. The monoisotopic (exact) mass is 199 g/mol. The van der Waals surface area contributed by atoms with E-state index in [4.69, 9.17) is 4.74 Å².